The number of amides is 1. The van der Waals surface area contributed by atoms with E-state index in [1.54, 1.807) is 18.3 Å². The van der Waals surface area contributed by atoms with E-state index in [1.165, 1.54) is 24.4 Å². The van der Waals surface area contributed by atoms with Crippen LogP contribution in [0, 0.1) is 0 Å². The Kier molecular flexibility index (Phi) is 6.71. The van der Waals surface area contributed by atoms with E-state index in [0.29, 0.717) is 12.6 Å². The fraction of sp³-hybridized carbons (Fsp3) is 0.565. The van der Waals surface area contributed by atoms with Crippen LogP contribution in [-0.2, 0) is 17.8 Å². The molecule has 0 spiro atoms. The molecule has 0 unspecified atom stereocenters. The number of carbonyl (C=O) groups excluding carboxylic acids is 1. The quantitative estimate of drug-likeness (QED) is 0.634. The van der Waals surface area contributed by atoms with Crippen molar-refractivity contribution in [2.45, 2.75) is 38.8 Å². The Hall–Kier alpha value is -1.96. The molecule has 1 aromatic carbocycles. The molecule has 7 heteroatoms. The van der Waals surface area contributed by atoms with E-state index >= 15 is 0 Å². The number of rotatable bonds is 7. The molecule has 162 valence electrons. The zero-order valence-corrected chi connectivity index (χ0v) is 19.1. The number of benzene rings is 1. The van der Waals surface area contributed by atoms with Gasteiger partial charge in [-0.2, -0.15) is 0 Å². The molecule has 0 saturated carbocycles. The smallest absolute Gasteiger partial charge is 0.219 e. The van der Waals surface area contributed by atoms with Gasteiger partial charge in [-0.1, -0.05) is 0 Å². The van der Waals surface area contributed by atoms with Gasteiger partial charge in [0.05, 0.1) is 18.8 Å². The Labute approximate surface area is 183 Å². The largest absolute Gasteiger partial charge is 0.494 e. The van der Waals surface area contributed by atoms with Crippen molar-refractivity contribution < 1.29 is 9.53 Å². The number of likely N-dealkylation sites (tertiary alicyclic amines) is 1. The summed E-state index contributed by atoms with van der Waals surface area (Å²) >= 11 is 1.70. The Morgan fingerprint density at radius 3 is 2.77 bits per heavy atom. The maximum absolute atomic E-state index is 11.6. The maximum Gasteiger partial charge on any atom is 0.219 e. The summed E-state index contributed by atoms with van der Waals surface area (Å²) in [5.41, 5.74) is 2.26. The summed E-state index contributed by atoms with van der Waals surface area (Å²) in [7, 11) is 4.34. The number of fused-ring (bicyclic) bond motifs is 1. The second-order valence-corrected chi connectivity index (χ2v) is 9.60. The number of thiazole rings is 1. The first-order chi connectivity index (χ1) is 14.5. The van der Waals surface area contributed by atoms with Gasteiger partial charge in [-0.15, -0.1) is 11.3 Å². The first kappa shape index (κ1) is 21.3. The van der Waals surface area contributed by atoms with Crippen LogP contribution in [0.2, 0.25) is 0 Å². The molecular weight excluding hydrogens is 396 g/mol. The highest BCUT2D eigenvalue weighted by Crippen LogP contribution is 2.32. The van der Waals surface area contributed by atoms with Crippen LogP contribution >= 0.6 is 11.3 Å². The summed E-state index contributed by atoms with van der Waals surface area (Å²) in [5, 5.41) is 1.03. The standard InChI is InChI=1S/C23H32N4O2S/c1-17(28)27-13-10-21-22(16-27)30-23(24-21)18-5-7-20(8-6-18)29-14-4-11-26-12-9-19(15-26)25(2)3/h5-8,19H,4,9-16H2,1-3H3/t19-/m1/s1. The Morgan fingerprint density at radius 1 is 1.27 bits per heavy atom. The number of likely N-dealkylation sites (N-methyl/N-ethyl adjacent to an activating group) is 1. The highest BCUT2D eigenvalue weighted by molar-refractivity contribution is 7.15. The number of hydrogen-bond donors (Lipinski definition) is 0. The number of carbonyl (C=O) groups is 1. The minimum absolute atomic E-state index is 0.138. The van der Waals surface area contributed by atoms with Crippen LogP contribution in [0.3, 0.4) is 0 Å². The molecule has 2 aromatic rings. The third kappa shape index (κ3) is 5.02. The SMILES string of the molecule is CC(=O)N1CCc2nc(-c3ccc(OCCCN4CC[C@@H](N(C)C)C4)cc3)sc2C1. The lowest BCUT2D eigenvalue weighted by Crippen LogP contribution is -2.33. The first-order valence-electron chi connectivity index (χ1n) is 10.9. The summed E-state index contributed by atoms with van der Waals surface area (Å²) < 4.78 is 5.95. The van der Waals surface area contributed by atoms with Gasteiger partial charge in [-0.3, -0.25) is 4.79 Å². The average Bonchev–Trinajstić information content (AvgIpc) is 3.38. The minimum Gasteiger partial charge on any atom is -0.494 e. The zero-order chi connectivity index (χ0) is 21.1. The summed E-state index contributed by atoms with van der Waals surface area (Å²) in [4.78, 5) is 24.4. The predicted molar refractivity (Wildman–Crippen MR) is 121 cm³/mol. The molecule has 2 aliphatic heterocycles. The lowest BCUT2D eigenvalue weighted by atomic mass is 10.2. The van der Waals surface area contributed by atoms with Gasteiger partial charge in [0, 0.05) is 49.5 Å². The molecule has 2 aliphatic rings. The second kappa shape index (κ2) is 9.45. The highest BCUT2D eigenvalue weighted by Gasteiger charge is 2.24. The van der Waals surface area contributed by atoms with Crippen molar-refractivity contribution in [2.75, 3.05) is 46.9 Å². The summed E-state index contributed by atoms with van der Waals surface area (Å²) in [6, 6.07) is 8.94. The molecule has 1 fully saturated rings. The van der Waals surface area contributed by atoms with Gasteiger partial charge in [0.15, 0.2) is 0 Å². The summed E-state index contributed by atoms with van der Waals surface area (Å²) in [6.07, 6.45) is 3.16. The Morgan fingerprint density at radius 2 is 2.07 bits per heavy atom. The van der Waals surface area contributed by atoms with Crippen LogP contribution in [0.25, 0.3) is 10.6 Å². The molecule has 0 aliphatic carbocycles. The van der Waals surface area contributed by atoms with Crippen molar-refractivity contribution in [3.05, 3.63) is 34.8 Å². The fourth-order valence-corrected chi connectivity index (χ4v) is 5.33. The number of ether oxygens (including phenoxy) is 1. The van der Waals surface area contributed by atoms with Gasteiger partial charge in [-0.25, -0.2) is 4.98 Å². The third-order valence-electron chi connectivity index (χ3n) is 6.14. The van der Waals surface area contributed by atoms with E-state index in [2.05, 4.69) is 36.0 Å². The number of hydrogen-bond acceptors (Lipinski definition) is 6. The zero-order valence-electron chi connectivity index (χ0n) is 18.3. The van der Waals surface area contributed by atoms with Crippen LogP contribution in [0.15, 0.2) is 24.3 Å². The van der Waals surface area contributed by atoms with E-state index in [4.69, 9.17) is 9.72 Å². The summed E-state index contributed by atoms with van der Waals surface area (Å²) in [6.45, 7) is 7.31. The van der Waals surface area contributed by atoms with Crippen LogP contribution in [-0.4, -0.2) is 78.5 Å². The Bertz CT molecular complexity index is 865. The maximum atomic E-state index is 11.6. The van der Waals surface area contributed by atoms with Crippen molar-refractivity contribution in [2.24, 2.45) is 0 Å². The molecule has 0 radical (unpaired) electrons. The summed E-state index contributed by atoms with van der Waals surface area (Å²) in [5.74, 6) is 1.05. The van der Waals surface area contributed by atoms with Gasteiger partial charge in [0.2, 0.25) is 5.91 Å². The molecule has 4 rings (SSSR count). The van der Waals surface area contributed by atoms with Crippen LogP contribution < -0.4 is 4.74 Å². The van der Waals surface area contributed by atoms with E-state index in [0.717, 1.165) is 54.6 Å². The van der Waals surface area contributed by atoms with Crippen molar-refractivity contribution in [3.8, 4) is 16.3 Å². The number of nitrogens with zero attached hydrogens (tertiary/aromatic N) is 4. The lowest BCUT2D eigenvalue weighted by molar-refractivity contribution is -0.129. The molecule has 1 atom stereocenters. The molecular formula is C23H32N4O2S. The normalized spacial score (nSPS) is 19.3. The van der Waals surface area contributed by atoms with Gasteiger partial charge in [0.25, 0.3) is 0 Å². The molecule has 30 heavy (non-hydrogen) atoms. The topological polar surface area (TPSA) is 48.9 Å². The van der Waals surface area contributed by atoms with Crippen molar-refractivity contribution >= 4 is 17.2 Å². The molecule has 0 N–H and O–H groups in total. The molecule has 1 aromatic heterocycles. The monoisotopic (exact) mass is 428 g/mol. The van der Waals surface area contributed by atoms with Gasteiger partial charge >= 0.3 is 0 Å². The average molecular weight is 429 g/mol. The molecule has 3 heterocycles. The van der Waals surface area contributed by atoms with E-state index in [9.17, 15) is 4.79 Å². The molecule has 0 bridgehead atoms. The van der Waals surface area contributed by atoms with Gasteiger partial charge in [0.1, 0.15) is 10.8 Å². The third-order valence-corrected chi connectivity index (χ3v) is 7.27. The van der Waals surface area contributed by atoms with E-state index in [1.807, 2.05) is 17.0 Å². The Balaban J connectivity index is 1.25. The lowest BCUT2D eigenvalue weighted by Gasteiger charge is -2.24. The fourth-order valence-electron chi connectivity index (χ4n) is 4.20. The first-order valence-corrected chi connectivity index (χ1v) is 11.7. The second-order valence-electron chi connectivity index (χ2n) is 8.51. The van der Waals surface area contributed by atoms with Crippen molar-refractivity contribution in [1.82, 2.24) is 19.7 Å². The van der Waals surface area contributed by atoms with Crippen LogP contribution in [0.5, 0.6) is 5.75 Å². The highest BCUT2D eigenvalue weighted by atomic mass is 32.1. The van der Waals surface area contributed by atoms with E-state index < -0.39 is 0 Å². The van der Waals surface area contributed by atoms with Crippen LogP contribution in [0.4, 0.5) is 0 Å². The molecule has 1 amide bonds. The van der Waals surface area contributed by atoms with Gasteiger partial charge < -0.3 is 19.4 Å². The van der Waals surface area contributed by atoms with E-state index in [-0.39, 0.29) is 5.91 Å². The molecule has 6 nitrogen and oxygen atoms in total. The van der Waals surface area contributed by atoms with Crippen LogP contribution in [0.1, 0.15) is 30.3 Å². The van der Waals surface area contributed by atoms with Crippen molar-refractivity contribution in [1.29, 1.82) is 0 Å². The predicted octanol–water partition coefficient (Wildman–Crippen LogP) is 3.12. The van der Waals surface area contributed by atoms with Gasteiger partial charge in [-0.05, 0) is 57.7 Å². The minimum atomic E-state index is 0.138. The van der Waals surface area contributed by atoms with Crippen molar-refractivity contribution in [3.63, 3.8) is 0 Å². The molecule has 1 saturated heterocycles. The number of aromatic nitrogens is 1.